The van der Waals surface area contributed by atoms with E-state index in [9.17, 15) is 8.42 Å². The second-order valence-corrected chi connectivity index (χ2v) is 8.37. The summed E-state index contributed by atoms with van der Waals surface area (Å²) in [7, 11) is -3.36. The molecule has 0 N–H and O–H groups in total. The topological polar surface area (TPSA) is 53.5 Å². The molecule has 0 radical (unpaired) electrons. The van der Waals surface area contributed by atoms with E-state index in [0.717, 1.165) is 38.0 Å². The van der Waals surface area contributed by atoms with Crippen LogP contribution in [0.4, 0.5) is 5.69 Å². The summed E-state index contributed by atoms with van der Waals surface area (Å²) in [4.78, 5) is 6.73. The molecule has 1 fully saturated rings. The lowest BCUT2D eigenvalue weighted by molar-refractivity contribution is 0.477. The highest BCUT2D eigenvalue weighted by Crippen LogP contribution is 2.33. The van der Waals surface area contributed by atoms with E-state index < -0.39 is 10.0 Å². The van der Waals surface area contributed by atoms with Gasteiger partial charge in [-0.2, -0.15) is 4.31 Å². The van der Waals surface area contributed by atoms with Crippen LogP contribution in [-0.2, 0) is 23.0 Å². The average Bonchev–Trinajstić information content (AvgIpc) is 3.26. The van der Waals surface area contributed by atoms with E-state index in [-0.39, 0.29) is 0 Å². The third kappa shape index (κ3) is 2.80. The maximum atomic E-state index is 12.8. The van der Waals surface area contributed by atoms with Gasteiger partial charge in [0.05, 0.1) is 4.90 Å². The van der Waals surface area contributed by atoms with Gasteiger partial charge >= 0.3 is 0 Å². The summed E-state index contributed by atoms with van der Waals surface area (Å²) in [6, 6.07) is 9.61. The number of benzene rings is 1. The van der Waals surface area contributed by atoms with Gasteiger partial charge in [0.15, 0.2) is 0 Å². The molecule has 2 aliphatic heterocycles. The molecule has 1 saturated heterocycles. The molecule has 1 aromatic heterocycles. The summed E-state index contributed by atoms with van der Waals surface area (Å²) in [5.74, 6) is 0. The minimum Gasteiger partial charge on any atom is -0.367 e. The smallest absolute Gasteiger partial charge is 0.243 e. The summed E-state index contributed by atoms with van der Waals surface area (Å²) in [5, 5.41) is 0. The van der Waals surface area contributed by atoms with Crippen molar-refractivity contribution in [2.45, 2.75) is 30.7 Å². The highest BCUT2D eigenvalue weighted by atomic mass is 32.2. The van der Waals surface area contributed by atoms with Crippen molar-refractivity contribution in [2.24, 2.45) is 0 Å². The van der Waals surface area contributed by atoms with Gasteiger partial charge in [-0.1, -0.05) is 6.07 Å². The number of fused-ring (bicyclic) bond motifs is 1. The molecule has 0 saturated carbocycles. The SMILES string of the molecule is O=S(=O)(c1ccc2c(c1)N(Cc1ccncc1)CC2)N1CCCC1. The van der Waals surface area contributed by atoms with Crippen LogP contribution >= 0.6 is 0 Å². The molecule has 0 spiro atoms. The van der Waals surface area contributed by atoms with Crippen molar-refractivity contribution in [1.29, 1.82) is 0 Å². The normalized spacial score (nSPS) is 18.1. The van der Waals surface area contributed by atoms with E-state index in [1.54, 1.807) is 22.8 Å². The van der Waals surface area contributed by atoms with Crippen molar-refractivity contribution < 1.29 is 8.42 Å². The zero-order valence-electron chi connectivity index (χ0n) is 13.6. The highest BCUT2D eigenvalue weighted by Gasteiger charge is 2.29. The van der Waals surface area contributed by atoms with Gasteiger partial charge in [0, 0.05) is 44.3 Å². The van der Waals surface area contributed by atoms with Gasteiger partial charge in [0.25, 0.3) is 0 Å². The monoisotopic (exact) mass is 343 g/mol. The maximum absolute atomic E-state index is 12.8. The lowest BCUT2D eigenvalue weighted by Crippen LogP contribution is -2.28. The van der Waals surface area contributed by atoms with Crippen LogP contribution in [0.5, 0.6) is 0 Å². The van der Waals surface area contributed by atoms with E-state index in [0.29, 0.717) is 18.0 Å². The van der Waals surface area contributed by atoms with Gasteiger partial charge in [-0.15, -0.1) is 0 Å². The molecular weight excluding hydrogens is 322 g/mol. The molecule has 0 unspecified atom stereocenters. The first-order valence-corrected chi connectivity index (χ1v) is 9.85. The fourth-order valence-corrected chi connectivity index (χ4v) is 5.07. The first kappa shape index (κ1) is 15.6. The molecule has 0 atom stereocenters. The molecule has 1 aromatic carbocycles. The second-order valence-electron chi connectivity index (χ2n) is 6.43. The van der Waals surface area contributed by atoms with Crippen molar-refractivity contribution in [1.82, 2.24) is 9.29 Å². The Morgan fingerprint density at radius 2 is 1.75 bits per heavy atom. The van der Waals surface area contributed by atoms with Crippen molar-refractivity contribution in [3.05, 3.63) is 53.9 Å². The van der Waals surface area contributed by atoms with Gasteiger partial charge in [-0.25, -0.2) is 8.42 Å². The minimum absolute atomic E-state index is 0.421. The summed E-state index contributed by atoms with van der Waals surface area (Å²) in [6.07, 6.45) is 6.46. The molecule has 4 rings (SSSR count). The lowest BCUT2D eigenvalue weighted by atomic mass is 10.2. The number of rotatable bonds is 4. The number of aromatic nitrogens is 1. The van der Waals surface area contributed by atoms with Gasteiger partial charge in [-0.3, -0.25) is 4.98 Å². The zero-order valence-corrected chi connectivity index (χ0v) is 14.4. The van der Waals surface area contributed by atoms with Crippen molar-refractivity contribution >= 4 is 15.7 Å². The fraction of sp³-hybridized carbons (Fsp3) is 0.389. The molecule has 24 heavy (non-hydrogen) atoms. The van der Waals surface area contributed by atoms with Gasteiger partial charge < -0.3 is 4.90 Å². The van der Waals surface area contributed by atoms with Crippen LogP contribution in [0.25, 0.3) is 0 Å². The lowest BCUT2D eigenvalue weighted by Gasteiger charge is -2.21. The number of anilines is 1. The molecule has 2 aromatic rings. The Balaban J connectivity index is 1.63. The molecule has 3 heterocycles. The molecule has 0 aliphatic carbocycles. The number of hydrogen-bond donors (Lipinski definition) is 0. The predicted molar refractivity (Wildman–Crippen MR) is 93.4 cm³/mol. The Hall–Kier alpha value is -1.92. The van der Waals surface area contributed by atoms with Crippen LogP contribution in [0.15, 0.2) is 47.6 Å². The number of sulfonamides is 1. The number of nitrogens with zero attached hydrogens (tertiary/aromatic N) is 3. The van der Waals surface area contributed by atoms with Crippen LogP contribution in [0.1, 0.15) is 24.0 Å². The first-order chi connectivity index (χ1) is 11.6. The molecular formula is C18H21N3O2S. The van der Waals surface area contributed by atoms with E-state index >= 15 is 0 Å². The van der Waals surface area contributed by atoms with Crippen LogP contribution < -0.4 is 4.90 Å². The van der Waals surface area contributed by atoms with Crippen molar-refractivity contribution in [3.63, 3.8) is 0 Å². The van der Waals surface area contributed by atoms with Crippen molar-refractivity contribution in [3.8, 4) is 0 Å². The Morgan fingerprint density at radius 1 is 1.00 bits per heavy atom. The molecule has 126 valence electrons. The predicted octanol–water partition coefficient (Wildman–Crippen LogP) is 2.43. The first-order valence-electron chi connectivity index (χ1n) is 8.41. The summed E-state index contributed by atoms with van der Waals surface area (Å²) in [5.41, 5.74) is 3.46. The standard InChI is InChI=1S/C18H21N3O2S/c22-24(23,21-10-1-2-11-21)17-4-3-16-7-12-20(18(16)13-17)14-15-5-8-19-9-6-15/h3-6,8-9,13H,1-2,7,10-12,14H2. The van der Waals surface area contributed by atoms with Crippen LogP contribution in [-0.4, -0.2) is 37.3 Å². The molecule has 0 amide bonds. The fourth-order valence-electron chi connectivity index (χ4n) is 3.54. The summed E-state index contributed by atoms with van der Waals surface area (Å²) < 4.78 is 27.2. The Bertz CT molecular complexity index is 831. The largest absolute Gasteiger partial charge is 0.367 e. The summed E-state index contributed by atoms with van der Waals surface area (Å²) >= 11 is 0. The van der Waals surface area contributed by atoms with E-state index in [2.05, 4.69) is 9.88 Å². The molecule has 6 heteroatoms. The van der Waals surface area contributed by atoms with E-state index in [1.807, 2.05) is 24.3 Å². The Kier molecular flexibility index (Phi) is 4.02. The second kappa shape index (κ2) is 6.18. The maximum Gasteiger partial charge on any atom is 0.243 e. The van der Waals surface area contributed by atoms with Gasteiger partial charge in [-0.05, 0) is 54.7 Å². The van der Waals surface area contributed by atoms with E-state index in [1.165, 1.54) is 11.1 Å². The third-order valence-electron chi connectivity index (χ3n) is 4.87. The van der Waals surface area contributed by atoms with Crippen molar-refractivity contribution in [2.75, 3.05) is 24.5 Å². The number of hydrogen-bond acceptors (Lipinski definition) is 4. The van der Waals surface area contributed by atoms with Gasteiger partial charge in [0.2, 0.25) is 10.0 Å². The van der Waals surface area contributed by atoms with Crippen LogP contribution in [0, 0.1) is 0 Å². The minimum atomic E-state index is -3.36. The Morgan fingerprint density at radius 3 is 2.50 bits per heavy atom. The van der Waals surface area contributed by atoms with Gasteiger partial charge in [0.1, 0.15) is 0 Å². The quantitative estimate of drug-likeness (QED) is 0.856. The Labute approximate surface area is 143 Å². The third-order valence-corrected chi connectivity index (χ3v) is 6.77. The highest BCUT2D eigenvalue weighted by molar-refractivity contribution is 7.89. The van der Waals surface area contributed by atoms with E-state index in [4.69, 9.17) is 0 Å². The molecule has 0 bridgehead atoms. The molecule has 5 nitrogen and oxygen atoms in total. The van der Waals surface area contributed by atoms with Crippen LogP contribution in [0.2, 0.25) is 0 Å². The zero-order chi connectivity index (χ0) is 16.6. The molecule has 2 aliphatic rings. The number of pyridine rings is 1. The van der Waals surface area contributed by atoms with Crippen LogP contribution in [0.3, 0.4) is 0 Å². The average molecular weight is 343 g/mol. The summed E-state index contributed by atoms with van der Waals surface area (Å²) in [6.45, 7) is 2.98.